The standard InChI is InChI=1S/C20H22N4O2S/c1-25-18-11-16-17(12-19(18)26-2)23-15-10-13(6-7-14(15)22-16)21-20(27)24-8-4-3-5-9-24/h6-7,10-12H,3-5,8-9H2,1-2H3,(H,21,27). The average Bonchev–Trinajstić information content (AvgIpc) is 2.71. The summed E-state index contributed by atoms with van der Waals surface area (Å²) in [7, 11) is 3.23. The van der Waals surface area contributed by atoms with Crippen molar-refractivity contribution >= 4 is 45.1 Å². The van der Waals surface area contributed by atoms with Crippen molar-refractivity contribution in [3.05, 3.63) is 30.3 Å². The van der Waals surface area contributed by atoms with Crippen molar-refractivity contribution in [3.8, 4) is 11.5 Å². The topological polar surface area (TPSA) is 59.5 Å². The number of likely N-dealkylation sites (tertiary alicyclic amines) is 1. The lowest BCUT2D eigenvalue weighted by Gasteiger charge is -2.29. The van der Waals surface area contributed by atoms with Gasteiger partial charge in [-0.15, -0.1) is 0 Å². The van der Waals surface area contributed by atoms with Gasteiger partial charge in [-0.1, -0.05) is 0 Å². The summed E-state index contributed by atoms with van der Waals surface area (Å²) in [5, 5.41) is 4.11. The van der Waals surface area contributed by atoms with Crippen molar-refractivity contribution in [3.63, 3.8) is 0 Å². The molecule has 1 fully saturated rings. The molecule has 2 aromatic carbocycles. The number of ether oxygens (including phenoxy) is 2. The molecule has 0 radical (unpaired) electrons. The number of aromatic nitrogens is 2. The first-order chi connectivity index (χ1) is 13.2. The van der Waals surface area contributed by atoms with Crippen LogP contribution in [0.2, 0.25) is 0 Å². The van der Waals surface area contributed by atoms with E-state index in [0.717, 1.165) is 46.0 Å². The third-order valence-electron chi connectivity index (χ3n) is 4.83. The molecule has 0 spiro atoms. The number of thiocarbonyl (C=S) groups is 1. The van der Waals surface area contributed by atoms with Gasteiger partial charge in [0.2, 0.25) is 0 Å². The summed E-state index contributed by atoms with van der Waals surface area (Å²) in [6.07, 6.45) is 3.68. The third-order valence-corrected chi connectivity index (χ3v) is 5.19. The van der Waals surface area contributed by atoms with Gasteiger partial charge in [0.05, 0.1) is 36.3 Å². The number of anilines is 1. The quantitative estimate of drug-likeness (QED) is 0.543. The molecule has 27 heavy (non-hydrogen) atoms. The summed E-state index contributed by atoms with van der Waals surface area (Å²) in [5.41, 5.74) is 4.08. The molecule has 0 amide bonds. The van der Waals surface area contributed by atoms with E-state index in [9.17, 15) is 0 Å². The Bertz CT molecular complexity index is 1000. The van der Waals surface area contributed by atoms with E-state index in [4.69, 9.17) is 31.7 Å². The zero-order valence-corrected chi connectivity index (χ0v) is 16.3. The van der Waals surface area contributed by atoms with E-state index < -0.39 is 0 Å². The Morgan fingerprint density at radius 3 is 2.11 bits per heavy atom. The zero-order valence-electron chi connectivity index (χ0n) is 15.5. The highest BCUT2D eigenvalue weighted by molar-refractivity contribution is 7.80. The van der Waals surface area contributed by atoms with Crippen molar-refractivity contribution in [1.29, 1.82) is 0 Å². The maximum absolute atomic E-state index is 5.56. The predicted octanol–water partition coefficient (Wildman–Crippen LogP) is 3.98. The molecule has 0 atom stereocenters. The van der Waals surface area contributed by atoms with E-state index in [1.165, 1.54) is 19.3 Å². The van der Waals surface area contributed by atoms with Crippen molar-refractivity contribution < 1.29 is 9.47 Å². The minimum absolute atomic E-state index is 0.638. The average molecular weight is 382 g/mol. The van der Waals surface area contributed by atoms with Crippen LogP contribution in [0.25, 0.3) is 22.1 Å². The molecule has 1 N–H and O–H groups in total. The van der Waals surface area contributed by atoms with Crippen LogP contribution in [0.15, 0.2) is 30.3 Å². The van der Waals surface area contributed by atoms with Crippen LogP contribution in [0, 0.1) is 0 Å². The number of nitrogens with zero attached hydrogens (tertiary/aromatic N) is 3. The van der Waals surface area contributed by atoms with Gasteiger partial charge in [-0.05, 0) is 49.7 Å². The minimum atomic E-state index is 0.638. The zero-order chi connectivity index (χ0) is 18.8. The molecule has 7 heteroatoms. The second-order valence-electron chi connectivity index (χ2n) is 6.60. The molecule has 1 aromatic heterocycles. The lowest BCUT2D eigenvalue weighted by atomic mass is 10.1. The summed E-state index contributed by atoms with van der Waals surface area (Å²) in [4.78, 5) is 11.7. The second-order valence-corrected chi connectivity index (χ2v) is 6.99. The van der Waals surface area contributed by atoms with Crippen LogP contribution < -0.4 is 14.8 Å². The van der Waals surface area contributed by atoms with Crippen LogP contribution in [0.4, 0.5) is 5.69 Å². The molecule has 1 aliphatic rings. The molecule has 0 aliphatic carbocycles. The molecule has 0 bridgehead atoms. The maximum Gasteiger partial charge on any atom is 0.173 e. The Balaban J connectivity index is 1.66. The number of rotatable bonds is 3. The second kappa shape index (κ2) is 7.52. The molecule has 1 aliphatic heterocycles. The molecule has 2 heterocycles. The van der Waals surface area contributed by atoms with Crippen molar-refractivity contribution in [2.75, 3.05) is 32.6 Å². The van der Waals surface area contributed by atoms with Gasteiger partial charge in [0, 0.05) is 30.9 Å². The fourth-order valence-corrected chi connectivity index (χ4v) is 3.68. The van der Waals surface area contributed by atoms with Gasteiger partial charge in [-0.2, -0.15) is 0 Å². The highest BCUT2D eigenvalue weighted by Gasteiger charge is 2.14. The molecule has 4 rings (SSSR count). The molecule has 0 saturated carbocycles. The van der Waals surface area contributed by atoms with E-state index >= 15 is 0 Å². The van der Waals surface area contributed by atoms with Gasteiger partial charge in [0.25, 0.3) is 0 Å². The number of methoxy groups -OCH3 is 2. The van der Waals surface area contributed by atoms with Crippen LogP contribution in [0.5, 0.6) is 11.5 Å². The Morgan fingerprint density at radius 2 is 1.48 bits per heavy atom. The van der Waals surface area contributed by atoms with E-state index in [1.54, 1.807) is 14.2 Å². The van der Waals surface area contributed by atoms with Gasteiger partial charge in [-0.3, -0.25) is 0 Å². The first-order valence-corrected chi connectivity index (χ1v) is 9.48. The smallest absolute Gasteiger partial charge is 0.173 e. The molecule has 0 unspecified atom stereocenters. The van der Waals surface area contributed by atoms with E-state index in [1.807, 2.05) is 30.3 Å². The van der Waals surface area contributed by atoms with Gasteiger partial charge in [-0.25, -0.2) is 9.97 Å². The SMILES string of the molecule is COc1cc2nc3ccc(NC(=S)N4CCCCC4)cc3nc2cc1OC. The third kappa shape index (κ3) is 3.60. The number of nitrogens with one attached hydrogen (secondary N) is 1. The first kappa shape index (κ1) is 17.7. The molecule has 140 valence electrons. The van der Waals surface area contributed by atoms with Gasteiger partial charge in [0.1, 0.15) is 0 Å². The summed E-state index contributed by atoms with van der Waals surface area (Å²) in [6, 6.07) is 9.62. The Kier molecular flexibility index (Phi) is 4.94. The van der Waals surface area contributed by atoms with Crippen molar-refractivity contribution in [2.24, 2.45) is 0 Å². The first-order valence-electron chi connectivity index (χ1n) is 9.07. The van der Waals surface area contributed by atoms with Crippen molar-refractivity contribution in [1.82, 2.24) is 14.9 Å². The van der Waals surface area contributed by atoms with Crippen LogP contribution in [0.1, 0.15) is 19.3 Å². The Hall–Kier alpha value is -2.67. The molecule has 6 nitrogen and oxygen atoms in total. The van der Waals surface area contributed by atoms with Crippen LogP contribution >= 0.6 is 12.2 Å². The largest absolute Gasteiger partial charge is 0.493 e. The van der Waals surface area contributed by atoms with E-state index in [0.29, 0.717) is 11.5 Å². The fourth-order valence-electron chi connectivity index (χ4n) is 3.38. The highest BCUT2D eigenvalue weighted by atomic mass is 32.1. The maximum atomic E-state index is 5.56. The minimum Gasteiger partial charge on any atom is -0.493 e. The van der Waals surface area contributed by atoms with Crippen molar-refractivity contribution in [2.45, 2.75) is 19.3 Å². The van der Waals surface area contributed by atoms with Crippen LogP contribution in [-0.2, 0) is 0 Å². The fraction of sp³-hybridized carbons (Fsp3) is 0.350. The van der Waals surface area contributed by atoms with E-state index in [2.05, 4.69) is 10.2 Å². The van der Waals surface area contributed by atoms with Gasteiger partial charge >= 0.3 is 0 Å². The molecule has 3 aromatic rings. The van der Waals surface area contributed by atoms with Crippen LogP contribution in [-0.4, -0.2) is 47.3 Å². The van der Waals surface area contributed by atoms with Crippen LogP contribution in [0.3, 0.4) is 0 Å². The van der Waals surface area contributed by atoms with Gasteiger partial charge < -0.3 is 19.7 Å². The Morgan fingerprint density at radius 1 is 0.889 bits per heavy atom. The summed E-state index contributed by atoms with van der Waals surface area (Å²) < 4.78 is 10.7. The monoisotopic (exact) mass is 382 g/mol. The van der Waals surface area contributed by atoms with Gasteiger partial charge in [0.15, 0.2) is 16.6 Å². The predicted molar refractivity (Wildman–Crippen MR) is 112 cm³/mol. The number of hydrogen-bond acceptors (Lipinski definition) is 5. The number of fused-ring (bicyclic) bond motifs is 2. The Labute approximate surface area is 163 Å². The lowest BCUT2D eigenvalue weighted by Crippen LogP contribution is -2.38. The summed E-state index contributed by atoms with van der Waals surface area (Å²) >= 11 is 5.56. The molecular weight excluding hydrogens is 360 g/mol. The number of hydrogen-bond donors (Lipinski definition) is 1. The lowest BCUT2D eigenvalue weighted by molar-refractivity contribution is 0.346. The van der Waals surface area contributed by atoms with E-state index in [-0.39, 0.29) is 0 Å². The number of benzene rings is 2. The highest BCUT2D eigenvalue weighted by Crippen LogP contribution is 2.31. The molecule has 1 saturated heterocycles. The normalized spacial score (nSPS) is 14.4. The summed E-state index contributed by atoms with van der Waals surface area (Å²) in [6.45, 7) is 2.04. The number of piperidine rings is 1. The molecular formula is C20H22N4O2S. The summed E-state index contributed by atoms with van der Waals surface area (Å²) in [5.74, 6) is 1.28.